The van der Waals surface area contributed by atoms with Crippen LogP contribution in [-0.4, -0.2) is 18.5 Å². The number of rotatable bonds is 2. The van der Waals surface area contributed by atoms with Crippen molar-refractivity contribution in [2.75, 3.05) is 6.54 Å². The third-order valence-corrected chi connectivity index (χ3v) is 2.52. The summed E-state index contributed by atoms with van der Waals surface area (Å²) in [6, 6.07) is 7.56. The van der Waals surface area contributed by atoms with Crippen LogP contribution in [0.15, 0.2) is 29.3 Å². The molecular formula is C11H12ClNO. The fraction of sp³-hybridized carbons (Fsp3) is 0.364. The molecule has 1 aromatic carbocycles. The van der Waals surface area contributed by atoms with E-state index in [2.05, 4.69) is 11.9 Å². The van der Waals surface area contributed by atoms with E-state index in [0.29, 0.717) is 0 Å². The van der Waals surface area contributed by atoms with E-state index in [1.165, 1.54) is 0 Å². The van der Waals surface area contributed by atoms with Gasteiger partial charge in [-0.15, -0.1) is 0 Å². The molecule has 1 aliphatic rings. The van der Waals surface area contributed by atoms with E-state index in [-0.39, 0.29) is 6.10 Å². The van der Waals surface area contributed by atoms with E-state index in [0.717, 1.165) is 29.4 Å². The van der Waals surface area contributed by atoms with Crippen molar-refractivity contribution < 1.29 is 4.74 Å². The molecule has 0 fully saturated rings. The Morgan fingerprint density at radius 3 is 2.71 bits per heavy atom. The molecule has 1 aliphatic heterocycles. The first-order chi connectivity index (χ1) is 6.79. The molecular weight excluding hydrogens is 198 g/mol. The molecule has 0 spiro atoms. The Hall–Kier alpha value is -1.02. The first kappa shape index (κ1) is 9.53. The highest BCUT2D eigenvalue weighted by molar-refractivity contribution is 6.30. The van der Waals surface area contributed by atoms with Gasteiger partial charge in [0.15, 0.2) is 0 Å². The highest BCUT2D eigenvalue weighted by atomic mass is 35.5. The number of nitrogens with zero attached hydrogens (tertiary/aromatic N) is 1. The second-order valence-electron chi connectivity index (χ2n) is 3.30. The largest absolute Gasteiger partial charge is 0.472 e. The number of aliphatic imine (C=N–C) groups is 1. The summed E-state index contributed by atoms with van der Waals surface area (Å²) >= 11 is 5.79. The molecule has 0 saturated carbocycles. The Balaban J connectivity index is 2.13. The van der Waals surface area contributed by atoms with Crippen molar-refractivity contribution in [1.29, 1.82) is 0 Å². The Morgan fingerprint density at radius 2 is 2.14 bits per heavy atom. The monoisotopic (exact) mass is 209 g/mol. The molecule has 0 amide bonds. The minimum atomic E-state index is 0.251. The maximum atomic E-state index is 5.79. The minimum absolute atomic E-state index is 0.251. The number of halogens is 1. The van der Waals surface area contributed by atoms with E-state index in [4.69, 9.17) is 16.3 Å². The molecule has 0 bridgehead atoms. The molecule has 2 rings (SSSR count). The van der Waals surface area contributed by atoms with Crippen LogP contribution in [0.1, 0.15) is 18.9 Å². The molecule has 1 aromatic rings. The van der Waals surface area contributed by atoms with E-state index >= 15 is 0 Å². The topological polar surface area (TPSA) is 21.6 Å². The summed E-state index contributed by atoms with van der Waals surface area (Å²) < 4.78 is 5.64. The summed E-state index contributed by atoms with van der Waals surface area (Å²) in [6.45, 7) is 2.87. The van der Waals surface area contributed by atoms with E-state index in [1.807, 2.05) is 24.3 Å². The Kier molecular flexibility index (Phi) is 2.73. The zero-order valence-electron chi connectivity index (χ0n) is 8.03. The average molecular weight is 210 g/mol. The molecule has 2 nitrogen and oxygen atoms in total. The standard InChI is InChI=1S/C11H12ClNO/c1-2-10-7-13-11(14-10)8-3-5-9(12)6-4-8/h3-6,10H,2,7H2,1H3/t10-/m0/s1. The molecule has 0 aromatic heterocycles. The maximum absolute atomic E-state index is 5.79. The SMILES string of the molecule is CC[C@H]1CN=C(c2ccc(Cl)cc2)O1. The highest BCUT2D eigenvalue weighted by Crippen LogP contribution is 2.16. The van der Waals surface area contributed by atoms with Crippen LogP contribution < -0.4 is 0 Å². The molecule has 0 aliphatic carbocycles. The molecule has 74 valence electrons. The zero-order chi connectivity index (χ0) is 9.97. The first-order valence-corrected chi connectivity index (χ1v) is 5.14. The van der Waals surface area contributed by atoms with Crippen LogP contribution in [0.5, 0.6) is 0 Å². The van der Waals surface area contributed by atoms with Gasteiger partial charge in [0.25, 0.3) is 0 Å². The minimum Gasteiger partial charge on any atom is -0.472 e. The summed E-state index contributed by atoms with van der Waals surface area (Å²) in [7, 11) is 0. The van der Waals surface area contributed by atoms with Gasteiger partial charge in [-0.05, 0) is 30.7 Å². The fourth-order valence-corrected chi connectivity index (χ4v) is 1.51. The zero-order valence-corrected chi connectivity index (χ0v) is 8.79. The van der Waals surface area contributed by atoms with Crippen molar-refractivity contribution in [2.45, 2.75) is 19.4 Å². The smallest absolute Gasteiger partial charge is 0.216 e. The van der Waals surface area contributed by atoms with Crippen LogP contribution in [0.2, 0.25) is 5.02 Å². The highest BCUT2D eigenvalue weighted by Gasteiger charge is 2.18. The summed E-state index contributed by atoms with van der Waals surface area (Å²) in [5, 5.41) is 0.736. The van der Waals surface area contributed by atoms with Gasteiger partial charge in [0.05, 0.1) is 6.54 Å². The quantitative estimate of drug-likeness (QED) is 0.734. The second kappa shape index (κ2) is 4.01. The molecule has 0 radical (unpaired) electrons. The summed E-state index contributed by atoms with van der Waals surface area (Å²) in [5.74, 6) is 0.744. The third kappa shape index (κ3) is 1.90. The molecule has 1 atom stereocenters. The molecule has 0 unspecified atom stereocenters. The van der Waals surface area contributed by atoms with Crippen molar-refractivity contribution in [1.82, 2.24) is 0 Å². The maximum Gasteiger partial charge on any atom is 0.216 e. The van der Waals surface area contributed by atoms with Gasteiger partial charge in [-0.3, -0.25) is 0 Å². The lowest BCUT2D eigenvalue weighted by Crippen LogP contribution is -2.11. The van der Waals surface area contributed by atoms with Gasteiger partial charge in [-0.2, -0.15) is 0 Å². The second-order valence-corrected chi connectivity index (χ2v) is 3.74. The Morgan fingerprint density at radius 1 is 1.43 bits per heavy atom. The van der Waals surface area contributed by atoms with Gasteiger partial charge < -0.3 is 4.74 Å². The lowest BCUT2D eigenvalue weighted by molar-refractivity contribution is 0.220. The molecule has 14 heavy (non-hydrogen) atoms. The number of hydrogen-bond donors (Lipinski definition) is 0. The molecule has 3 heteroatoms. The van der Waals surface area contributed by atoms with Crippen LogP contribution in [0.3, 0.4) is 0 Å². The summed E-state index contributed by atoms with van der Waals surface area (Å²) in [5.41, 5.74) is 1.00. The van der Waals surface area contributed by atoms with Crippen molar-refractivity contribution in [3.05, 3.63) is 34.9 Å². The van der Waals surface area contributed by atoms with Crippen molar-refractivity contribution in [2.24, 2.45) is 4.99 Å². The molecule has 1 heterocycles. The van der Waals surface area contributed by atoms with Gasteiger partial charge in [0, 0.05) is 10.6 Å². The van der Waals surface area contributed by atoms with Gasteiger partial charge in [0.1, 0.15) is 6.10 Å². The van der Waals surface area contributed by atoms with Crippen molar-refractivity contribution in [3.8, 4) is 0 Å². The van der Waals surface area contributed by atoms with E-state index < -0.39 is 0 Å². The fourth-order valence-electron chi connectivity index (χ4n) is 1.38. The van der Waals surface area contributed by atoms with Crippen LogP contribution in [0, 0.1) is 0 Å². The predicted molar refractivity (Wildman–Crippen MR) is 58.0 cm³/mol. The summed E-state index contributed by atoms with van der Waals surface area (Å²) in [6.07, 6.45) is 1.25. The number of benzene rings is 1. The Labute approximate surface area is 88.6 Å². The Bertz CT molecular complexity index is 345. The number of hydrogen-bond acceptors (Lipinski definition) is 2. The van der Waals surface area contributed by atoms with Gasteiger partial charge in [-0.1, -0.05) is 18.5 Å². The third-order valence-electron chi connectivity index (χ3n) is 2.26. The van der Waals surface area contributed by atoms with Crippen molar-refractivity contribution >= 4 is 17.5 Å². The lowest BCUT2D eigenvalue weighted by Gasteiger charge is -2.07. The number of ether oxygens (including phenoxy) is 1. The van der Waals surface area contributed by atoms with Crippen LogP contribution >= 0.6 is 11.6 Å². The molecule has 0 N–H and O–H groups in total. The lowest BCUT2D eigenvalue weighted by atomic mass is 10.2. The van der Waals surface area contributed by atoms with Gasteiger partial charge in [0.2, 0.25) is 5.90 Å². The molecule has 0 saturated heterocycles. The normalized spacial score (nSPS) is 20.4. The van der Waals surface area contributed by atoms with E-state index in [1.54, 1.807) is 0 Å². The summed E-state index contributed by atoms with van der Waals surface area (Å²) in [4.78, 5) is 4.34. The van der Waals surface area contributed by atoms with Crippen molar-refractivity contribution in [3.63, 3.8) is 0 Å². The van der Waals surface area contributed by atoms with Crippen LogP contribution in [0.4, 0.5) is 0 Å². The first-order valence-electron chi connectivity index (χ1n) is 4.76. The van der Waals surface area contributed by atoms with Gasteiger partial charge in [-0.25, -0.2) is 4.99 Å². The van der Waals surface area contributed by atoms with Crippen LogP contribution in [0.25, 0.3) is 0 Å². The average Bonchev–Trinajstić information content (AvgIpc) is 2.67. The van der Waals surface area contributed by atoms with E-state index in [9.17, 15) is 0 Å². The predicted octanol–water partition coefficient (Wildman–Crippen LogP) is 2.90. The van der Waals surface area contributed by atoms with Crippen LogP contribution in [-0.2, 0) is 4.74 Å². The van der Waals surface area contributed by atoms with Gasteiger partial charge >= 0.3 is 0 Å².